The number of methoxy groups -OCH3 is 2. The van der Waals surface area contributed by atoms with Crippen molar-refractivity contribution in [2.24, 2.45) is 0 Å². The Morgan fingerprint density at radius 2 is 1.92 bits per heavy atom. The van der Waals surface area contributed by atoms with Gasteiger partial charge in [0.05, 0.1) is 32.3 Å². The van der Waals surface area contributed by atoms with Gasteiger partial charge in [0.15, 0.2) is 5.82 Å². The summed E-state index contributed by atoms with van der Waals surface area (Å²) >= 11 is 0. The van der Waals surface area contributed by atoms with Gasteiger partial charge >= 0.3 is 0 Å². The van der Waals surface area contributed by atoms with Crippen molar-refractivity contribution in [1.29, 1.82) is 0 Å². The molecular weight excluding hydrogens is 338 g/mol. The number of anilines is 3. The summed E-state index contributed by atoms with van der Waals surface area (Å²) in [5, 5.41) is 9.35. The monoisotopic (exact) mass is 355 g/mol. The van der Waals surface area contributed by atoms with E-state index >= 15 is 0 Å². The molecule has 26 heavy (non-hydrogen) atoms. The Hall–Kier alpha value is -3.62. The van der Waals surface area contributed by atoms with Crippen LogP contribution < -0.4 is 20.1 Å². The third-order valence-electron chi connectivity index (χ3n) is 3.42. The minimum absolute atomic E-state index is 0.147. The van der Waals surface area contributed by atoms with E-state index in [1.807, 2.05) is 0 Å². The summed E-state index contributed by atoms with van der Waals surface area (Å²) in [5.41, 5.74) is 0.810. The zero-order valence-electron chi connectivity index (χ0n) is 14.4. The zero-order chi connectivity index (χ0) is 18.5. The molecule has 2 heterocycles. The maximum Gasteiger partial charge on any atom is 0.277 e. The Morgan fingerprint density at radius 3 is 2.54 bits per heavy atom. The van der Waals surface area contributed by atoms with E-state index in [4.69, 9.17) is 14.0 Å². The Kier molecular flexibility index (Phi) is 4.97. The molecule has 1 amide bonds. The van der Waals surface area contributed by atoms with Gasteiger partial charge in [-0.25, -0.2) is 9.97 Å². The van der Waals surface area contributed by atoms with E-state index in [0.717, 1.165) is 0 Å². The van der Waals surface area contributed by atoms with Gasteiger partial charge in [-0.05, 0) is 19.1 Å². The van der Waals surface area contributed by atoms with Crippen molar-refractivity contribution in [3.05, 3.63) is 48.1 Å². The first-order valence-electron chi connectivity index (χ1n) is 7.65. The lowest BCUT2D eigenvalue weighted by atomic mass is 10.2. The zero-order valence-corrected chi connectivity index (χ0v) is 14.4. The van der Waals surface area contributed by atoms with E-state index in [1.54, 1.807) is 45.4 Å². The van der Waals surface area contributed by atoms with Gasteiger partial charge in [0.2, 0.25) is 0 Å². The molecule has 0 aliphatic rings. The van der Waals surface area contributed by atoms with Crippen LogP contribution >= 0.6 is 0 Å². The molecule has 1 aromatic carbocycles. The summed E-state index contributed by atoms with van der Waals surface area (Å²) in [4.78, 5) is 20.4. The Bertz CT molecular complexity index is 908. The highest BCUT2D eigenvalue weighted by atomic mass is 16.5. The molecular formula is C17H17N5O4. The van der Waals surface area contributed by atoms with Gasteiger partial charge < -0.3 is 24.6 Å². The highest BCUT2D eigenvalue weighted by Gasteiger charge is 2.12. The van der Waals surface area contributed by atoms with Crippen LogP contribution in [0.3, 0.4) is 0 Å². The van der Waals surface area contributed by atoms with Gasteiger partial charge in [0.1, 0.15) is 28.8 Å². The second-order valence-electron chi connectivity index (χ2n) is 5.26. The number of nitrogens with one attached hydrogen (secondary N) is 2. The third-order valence-corrected chi connectivity index (χ3v) is 3.42. The SMILES string of the molecule is COc1ccc(OC)c(Nc2cnc(C(=O)Nc3cc(C)on3)cn2)c1. The van der Waals surface area contributed by atoms with Gasteiger partial charge in [-0.3, -0.25) is 4.79 Å². The number of amides is 1. The lowest BCUT2D eigenvalue weighted by Gasteiger charge is -2.12. The van der Waals surface area contributed by atoms with E-state index in [0.29, 0.717) is 34.6 Å². The summed E-state index contributed by atoms with van der Waals surface area (Å²) in [6.07, 6.45) is 2.80. The standard InChI is InChI=1S/C17H17N5O4/c1-10-6-15(22-26-10)21-17(23)13-8-19-16(9-18-13)20-12-7-11(24-2)4-5-14(12)25-3/h4-9H,1-3H3,(H,19,20)(H,21,22,23). The second kappa shape index (κ2) is 7.51. The van der Waals surface area contributed by atoms with E-state index in [9.17, 15) is 4.79 Å². The van der Waals surface area contributed by atoms with Crippen molar-refractivity contribution in [2.45, 2.75) is 6.92 Å². The molecule has 0 bridgehead atoms. The minimum Gasteiger partial charge on any atom is -0.497 e. The topological polar surface area (TPSA) is 111 Å². The molecule has 2 aromatic heterocycles. The van der Waals surface area contributed by atoms with Gasteiger partial charge in [-0.1, -0.05) is 5.16 Å². The van der Waals surface area contributed by atoms with Crippen LogP contribution in [-0.2, 0) is 0 Å². The van der Waals surface area contributed by atoms with Crippen LogP contribution in [0.1, 0.15) is 16.2 Å². The smallest absolute Gasteiger partial charge is 0.277 e. The van der Waals surface area contributed by atoms with Crippen molar-refractivity contribution in [1.82, 2.24) is 15.1 Å². The molecule has 2 N–H and O–H groups in total. The number of carbonyl (C=O) groups is 1. The quantitative estimate of drug-likeness (QED) is 0.694. The Balaban J connectivity index is 1.72. The molecule has 3 rings (SSSR count). The average Bonchev–Trinajstić information content (AvgIpc) is 3.07. The first-order valence-corrected chi connectivity index (χ1v) is 7.65. The van der Waals surface area contributed by atoms with Crippen molar-refractivity contribution in [2.75, 3.05) is 24.9 Å². The number of rotatable bonds is 6. The van der Waals surface area contributed by atoms with E-state index in [1.165, 1.54) is 12.4 Å². The molecule has 0 aliphatic heterocycles. The molecule has 0 unspecified atom stereocenters. The fraction of sp³-hybridized carbons (Fsp3) is 0.176. The molecule has 0 aliphatic carbocycles. The molecule has 3 aromatic rings. The molecule has 9 heteroatoms. The van der Waals surface area contributed by atoms with Crippen molar-refractivity contribution < 1.29 is 18.8 Å². The fourth-order valence-corrected chi connectivity index (χ4v) is 2.17. The first-order chi connectivity index (χ1) is 12.6. The fourth-order valence-electron chi connectivity index (χ4n) is 2.17. The number of aromatic nitrogens is 3. The summed E-state index contributed by atoms with van der Waals surface area (Å²) in [6, 6.07) is 6.94. The number of nitrogens with zero attached hydrogens (tertiary/aromatic N) is 3. The van der Waals surface area contributed by atoms with Gasteiger partial charge in [0, 0.05) is 12.1 Å². The number of aryl methyl sites for hydroxylation is 1. The van der Waals surface area contributed by atoms with Gasteiger partial charge in [0.25, 0.3) is 5.91 Å². The van der Waals surface area contributed by atoms with Gasteiger partial charge in [-0.15, -0.1) is 0 Å². The Morgan fingerprint density at radius 1 is 1.08 bits per heavy atom. The predicted molar refractivity (Wildman–Crippen MR) is 94.1 cm³/mol. The van der Waals surface area contributed by atoms with Gasteiger partial charge in [-0.2, -0.15) is 0 Å². The lowest BCUT2D eigenvalue weighted by molar-refractivity contribution is 0.102. The normalized spacial score (nSPS) is 10.3. The molecule has 9 nitrogen and oxygen atoms in total. The van der Waals surface area contributed by atoms with E-state index in [-0.39, 0.29) is 5.69 Å². The Labute approximate surface area is 149 Å². The van der Waals surface area contributed by atoms with Crippen LogP contribution in [0.4, 0.5) is 17.3 Å². The molecule has 0 radical (unpaired) electrons. The third kappa shape index (κ3) is 3.89. The van der Waals surface area contributed by atoms with E-state index in [2.05, 4.69) is 25.8 Å². The summed E-state index contributed by atoms with van der Waals surface area (Å²) in [7, 11) is 3.15. The van der Waals surface area contributed by atoms with Crippen LogP contribution in [0.15, 0.2) is 41.2 Å². The molecule has 0 saturated carbocycles. The predicted octanol–water partition coefficient (Wildman–Crippen LogP) is 2.79. The van der Waals surface area contributed by atoms with Crippen molar-refractivity contribution in [3.63, 3.8) is 0 Å². The van der Waals surface area contributed by atoms with Crippen LogP contribution in [0.5, 0.6) is 11.5 Å². The molecule has 134 valence electrons. The first kappa shape index (κ1) is 17.2. The minimum atomic E-state index is -0.434. The summed E-state index contributed by atoms with van der Waals surface area (Å²) < 4.78 is 15.4. The maximum absolute atomic E-state index is 12.1. The number of benzene rings is 1. The maximum atomic E-state index is 12.1. The average molecular weight is 355 g/mol. The van der Waals surface area contributed by atoms with Crippen LogP contribution in [0.2, 0.25) is 0 Å². The number of ether oxygens (including phenoxy) is 2. The second-order valence-corrected chi connectivity index (χ2v) is 5.26. The molecule has 0 spiro atoms. The number of carbonyl (C=O) groups excluding carboxylic acids is 1. The van der Waals surface area contributed by atoms with Crippen molar-refractivity contribution in [3.8, 4) is 11.5 Å². The molecule has 0 atom stereocenters. The van der Waals surface area contributed by atoms with Crippen LogP contribution in [0.25, 0.3) is 0 Å². The summed E-state index contributed by atoms with van der Waals surface area (Å²) in [5.74, 6) is 2.22. The van der Waals surface area contributed by atoms with Crippen LogP contribution in [-0.4, -0.2) is 35.3 Å². The van der Waals surface area contributed by atoms with Crippen LogP contribution in [0, 0.1) is 6.92 Å². The highest BCUT2D eigenvalue weighted by Crippen LogP contribution is 2.30. The van der Waals surface area contributed by atoms with Crippen molar-refractivity contribution >= 4 is 23.2 Å². The number of hydrogen-bond donors (Lipinski definition) is 2. The number of hydrogen-bond acceptors (Lipinski definition) is 8. The van der Waals surface area contributed by atoms with E-state index < -0.39 is 5.91 Å². The molecule has 0 fully saturated rings. The lowest BCUT2D eigenvalue weighted by Crippen LogP contribution is -2.14. The summed E-state index contributed by atoms with van der Waals surface area (Å²) in [6.45, 7) is 1.73. The molecule has 0 saturated heterocycles. The highest BCUT2D eigenvalue weighted by molar-refractivity contribution is 6.02. The largest absolute Gasteiger partial charge is 0.497 e.